The van der Waals surface area contributed by atoms with Crippen molar-refractivity contribution in [3.05, 3.63) is 33.4 Å². The van der Waals surface area contributed by atoms with Crippen LogP contribution in [0.4, 0.5) is 0 Å². The molecule has 0 spiro atoms. The Morgan fingerprint density at radius 3 is 2.82 bits per heavy atom. The first kappa shape index (κ1) is 13.3. The standard InChI is InChI=1S/C13H15BrINO/c1-9-6-7-16(8-11(9)14)13(17)10-4-2-3-5-12(10)15/h2-5,9,11H,6-8H2,1H3. The van der Waals surface area contributed by atoms with Crippen LogP contribution >= 0.6 is 38.5 Å². The van der Waals surface area contributed by atoms with Crippen molar-refractivity contribution in [1.82, 2.24) is 4.90 Å². The lowest BCUT2D eigenvalue weighted by Gasteiger charge is -2.34. The second-order valence-electron chi connectivity index (χ2n) is 4.51. The van der Waals surface area contributed by atoms with E-state index < -0.39 is 0 Å². The molecule has 1 aliphatic heterocycles. The van der Waals surface area contributed by atoms with Gasteiger partial charge in [-0.3, -0.25) is 4.79 Å². The predicted molar refractivity (Wildman–Crippen MR) is 81.6 cm³/mol. The third-order valence-electron chi connectivity index (χ3n) is 3.26. The highest BCUT2D eigenvalue weighted by atomic mass is 127. The molecule has 0 radical (unpaired) electrons. The van der Waals surface area contributed by atoms with Gasteiger partial charge < -0.3 is 4.90 Å². The normalized spacial score (nSPS) is 24.8. The number of alkyl halides is 1. The minimum atomic E-state index is 0.159. The lowest BCUT2D eigenvalue weighted by molar-refractivity contribution is 0.0705. The molecule has 4 heteroatoms. The molecule has 0 aliphatic carbocycles. The van der Waals surface area contributed by atoms with E-state index in [9.17, 15) is 4.79 Å². The van der Waals surface area contributed by atoms with Crippen molar-refractivity contribution in [3.8, 4) is 0 Å². The Hall–Kier alpha value is -0.100. The van der Waals surface area contributed by atoms with Crippen molar-refractivity contribution in [3.63, 3.8) is 0 Å². The Morgan fingerprint density at radius 2 is 2.18 bits per heavy atom. The molecular formula is C13H15BrINO. The molecule has 2 unspecified atom stereocenters. The smallest absolute Gasteiger partial charge is 0.254 e. The summed E-state index contributed by atoms with van der Waals surface area (Å²) in [6.07, 6.45) is 1.07. The zero-order valence-electron chi connectivity index (χ0n) is 9.70. The van der Waals surface area contributed by atoms with Crippen LogP contribution in [0.1, 0.15) is 23.7 Å². The molecule has 0 saturated carbocycles. The summed E-state index contributed by atoms with van der Waals surface area (Å²) in [6.45, 7) is 3.91. The summed E-state index contributed by atoms with van der Waals surface area (Å²) in [5, 5.41) is 0. The number of hydrogen-bond donors (Lipinski definition) is 0. The van der Waals surface area contributed by atoms with Gasteiger partial charge in [0.1, 0.15) is 0 Å². The van der Waals surface area contributed by atoms with Crippen LogP contribution < -0.4 is 0 Å². The maximum Gasteiger partial charge on any atom is 0.254 e. The van der Waals surface area contributed by atoms with Gasteiger partial charge >= 0.3 is 0 Å². The minimum Gasteiger partial charge on any atom is -0.337 e. The second-order valence-corrected chi connectivity index (χ2v) is 6.85. The van der Waals surface area contributed by atoms with Gasteiger partial charge in [-0.05, 0) is 47.1 Å². The van der Waals surface area contributed by atoms with Gasteiger partial charge in [-0.25, -0.2) is 0 Å². The number of halogens is 2. The first-order chi connectivity index (χ1) is 8.09. The Kier molecular flexibility index (Phi) is 4.47. The van der Waals surface area contributed by atoms with Crippen LogP contribution in [-0.2, 0) is 0 Å². The zero-order chi connectivity index (χ0) is 12.4. The number of carbonyl (C=O) groups is 1. The number of carbonyl (C=O) groups excluding carboxylic acids is 1. The van der Waals surface area contributed by atoms with E-state index in [2.05, 4.69) is 45.4 Å². The molecule has 1 aliphatic rings. The van der Waals surface area contributed by atoms with Crippen LogP contribution in [0.3, 0.4) is 0 Å². The topological polar surface area (TPSA) is 20.3 Å². The van der Waals surface area contributed by atoms with Crippen molar-refractivity contribution >= 4 is 44.4 Å². The number of hydrogen-bond acceptors (Lipinski definition) is 1. The van der Waals surface area contributed by atoms with Crippen LogP contribution in [0.2, 0.25) is 0 Å². The highest BCUT2D eigenvalue weighted by Gasteiger charge is 2.28. The van der Waals surface area contributed by atoms with Gasteiger partial charge in [0.25, 0.3) is 5.91 Å². The summed E-state index contributed by atoms with van der Waals surface area (Å²) in [5.41, 5.74) is 0.822. The van der Waals surface area contributed by atoms with E-state index in [1.807, 2.05) is 29.2 Å². The first-order valence-electron chi connectivity index (χ1n) is 5.77. The SMILES string of the molecule is CC1CCN(C(=O)c2ccccc2I)CC1Br. The van der Waals surface area contributed by atoms with E-state index in [1.54, 1.807) is 0 Å². The molecular weight excluding hydrogens is 393 g/mol. The average molecular weight is 408 g/mol. The van der Waals surface area contributed by atoms with Crippen LogP contribution in [0.5, 0.6) is 0 Å². The first-order valence-corrected chi connectivity index (χ1v) is 7.77. The molecule has 2 nitrogen and oxygen atoms in total. The maximum atomic E-state index is 12.4. The van der Waals surface area contributed by atoms with Gasteiger partial charge in [0.15, 0.2) is 0 Å². The fourth-order valence-electron chi connectivity index (χ4n) is 2.01. The molecule has 1 heterocycles. The van der Waals surface area contributed by atoms with E-state index in [0.717, 1.165) is 28.6 Å². The van der Waals surface area contributed by atoms with Gasteiger partial charge in [0.2, 0.25) is 0 Å². The van der Waals surface area contributed by atoms with Gasteiger partial charge in [-0.15, -0.1) is 0 Å². The molecule has 2 rings (SSSR count). The molecule has 1 fully saturated rings. The lowest BCUT2D eigenvalue weighted by Crippen LogP contribution is -2.43. The second kappa shape index (κ2) is 5.69. The van der Waals surface area contributed by atoms with Gasteiger partial charge in [-0.2, -0.15) is 0 Å². The zero-order valence-corrected chi connectivity index (χ0v) is 13.4. The highest BCUT2D eigenvalue weighted by Crippen LogP contribution is 2.25. The van der Waals surface area contributed by atoms with Crippen LogP contribution in [0, 0.1) is 9.49 Å². The fourth-order valence-corrected chi connectivity index (χ4v) is 3.24. The summed E-state index contributed by atoms with van der Waals surface area (Å²) in [6, 6.07) is 7.77. The fraction of sp³-hybridized carbons (Fsp3) is 0.462. The van der Waals surface area contributed by atoms with Gasteiger partial charge in [0, 0.05) is 21.5 Å². The van der Waals surface area contributed by atoms with Crippen molar-refractivity contribution in [1.29, 1.82) is 0 Å². The summed E-state index contributed by atoms with van der Waals surface area (Å²) in [4.78, 5) is 14.7. The highest BCUT2D eigenvalue weighted by molar-refractivity contribution is 14.1. The molecule has 0 aromatic heterocycles. The molecule has 1 amide bonds. The quantitative estimate of drug-likeness (QED) is 0.515. The van der Waals surface area contributed by atoms with Crippen LogP contribution in [0.25, 0.3) is 0 Å². The number of amides is 1. The molecule has 2 atom stereocenters. The number of nitrogens with zero attached hydrogens (tertiary/aromatic N) is 1. The summed E-state index contributed by atoms with van der Waals surface area (Å²) < 4.78 is 1.03. The van der Waals surface area contributed by atoms with Crippen LogP contribution in [0.15, 0.2) is 24.3 Å². The van der Waals surface area contributed by atoms with Crippen molar-refractivity contribution in [2.45, 2.75) is 18.2 Å². The van der Waals surface area contributed by atoms with E-state index >= 15 is 0 Å². The number of piperidine rings is 1. The summed E-state index contributed by atoms with van der Waals surface area (Å²) in [7, 11) is 0. The monoisotopic (exact) mass is 407 g/mol. The Bertz CT molecular complexity index is 424. The average Bonchev–Trinajstić information content (AvgIpc) is 2.32. The maximum absolute atomic E-state index is 12.4. The van der Waals surface area contributed by atoms with Gasteiger partial charge in [0.05, 0.1) is 5.56 Å². The molecule has 1 aromatic carbocycles. The predicted octanol–water partition coefficient (Wildman–Crippen LogP) is 3.54. The molecule has 0 N–H and O–H groups in total. The van der Waals surface area contributed by atoms with Crippen LogP contribution in [-0.4, -0.2) is 28.7 Å². The Balaban J connectivity index is 2.14. The summed E-state index contributed by atoms with van der Waals surface area (Å²) >= 11 is 5.88. The third-order valence-corrected chi connectivity index (χ3v) is 5.39. The van der Waals surface area contributed by atoms with Crippen molar-refractivity contribution in [2.75, 3.05) is 13.1 Å². The molecule has 1 aromatic rings. The lowest BCUT2D eigenvalue weighted by atomic mass is 9.98. The molecule has 1 saturated heterocycles. The van der Waals surface area contributed by atoms with E-state index in [4.69, 9.17) is 0 Å². The Morgan fingerprint density at radius 1 is 1.47 bits per heavy atom. The van der Waals surface area contributed by atoms with E-state index in [1.165, 1.54) is 0 Å². The largest absolute Gasteiger partial charge is 0.337 e. The summed E-state index contributed by atoms with van der Waals surface area (Å²) in [5.74, 6) is 0.806. The number of benzene rings is 1. The molecule has 92 valence electrons. The molecule has 0 bridgehead atoms. The van der Waals surface area contributed by atoms with E-state index in [-0.39, 0.29) is 5.91 Å². The minimum absolute atomic E-state index is 0.159. The van der Waals surface area contributed by atoms with Crippen molar-refractivity contribution in [2.24, 2.45) is 5.92 Å². The van der Waals surface area contributed by atoms with E-state index in [0.29, 0.717) is 10.7 Å². The number of likely N-dealkylation sites (tertiary alicyclic amines) is 1. The Labute approximate surface area is 124 Å². The van der Waals surface area contributed by atoms with Crippen molar-refractivity contribution < 1.29 is 4.79 Å². The third kappa shape index (κ3) is 3.02. The number of rotatable bonds is 1. The molecule has 17 heavy (non-hydrogen) atoms. The van der Waals surface area contributed by atoms with Gasteiger partial charge in [-0.1, -0.05) is 35.0 Å².